The first kappa shape index (κ1) is 87.8. The average molecular weight is 1910 g/mol. The fourth-order valence-electron chi connectivity index (χ4n) is 23.5. The van der Waals surface area contributed by atoms with Gasteiger partial charge in [0.15, 0.2) is 0 Å². The smallest absolute Gasteiger partial charge is 0.0548 e. The standard InChI is InChI=1S/3C48H32N2/c1-4-15-33(16-5-1)36-21-14-22-39(30-36)49-43-25-12-10-23-41(43)47-45(49)27-28-46-48(47)42-24-11-13-26-44(42)50(46)40-31-37(34-17-6-2-7-18-34)29-38(32-40)35-19-8-3-9-20-35;1-4-14-33(15-5-1)36-24-26-39(27-25-36)49-43-22-12-10-20-41(43)47-45(49)28-29-46-48(47)42-21-11-13-23-44(42)50(46)40-31-37(34-16-6-2-7-17-34)30-38(32-40)35-18-8-3-9-19-35;1-3-13-33(14-4-1)35-25-27-36(28-26-35)38-18-12-20-40(32-38)50-44-24-10-8-22-42(44)48-46(50)30-29-45-47(48)41-21-7-9-23-43(41)49(45)39-19-11-17-37(31-39)34-15-5-2-6-16-34/h3*1-32H. The van der Waals surface area contributed by atoms with Crippen LogP contribution in [0.3, 0.4) is 0 Å². The molecular weight excluding hydrogens is 1810 g/mol. The maximum absolute atomic E-state index is 2.46. The quantitative estimate of drug-likeness (QED) is 0.0979. The molecule has 0 atom stereocenters. The summed E-state index contributed by atoms with van der Waals surface area (Å²) in [6, 6.07) is 211. The van der Waals surface area contributed by atoms with Gasteiger partial charge >= 0.3 is 0 Å². The predicted molar refractivity (Wildman–Crippen MR) is 634 cm³/mol. The molecule has 0 bridgehead atoms. The van der Waals surface area contributed by atoms with Crippen LogP contribution in [0.1, 0.15) is 0 Å². The maximum Gasteiger partial charge on any atom is 0.0548 e. The normalized spacial score (nSPS) is 11.6. The summed E-state index contributed by atoms with van der Waals surface area (Å²) in [5.41, 5.74) is 43.1. The molecule has 6 aromatic heterocycles. The summed E-state index contributed by atoms with van der Waals surface area (Å²) in [6.07, 6.45) is 0. The molecule has 0 spiro atoms. The summed E-state index contributed by atoms with van der Waals surface area (Å²) in [5.74, 6) is 0. The highest BCUT2D eigenvalue weighted by molar-refractivity contribution is 6.32. The lowest BCUT2D eigenvalue weighted by Gasteiger charge is -2.14. The zero-order valence-electron chi connectivity index (χ0n) is 82.1. The maximum atomic E-state index is 2.46. The van der Waals surface area contributed by atoms with E-state index in [-0.39, 0.29) is 0 Å². The van der Waals surface area contributed by atoms with Gasteiger partial charge in [-0.05, 0) is 258 Å². The first-order valence-electron chi connectivity index (χ1n) is 51.6. The van der Waals surface area contributed by atoms with Crippen molar-refractivity contribution in [2.75, 3.05) is 0 Å². The Morgan fingerprint density at radius 2 is 0.233 bits per heavy atom. The highest BCUT2D eigenvalue weighted by Crippen LogP contribution is 2.50. The molecule has 0 amide bonds. The van der Waals surface area contributed by atoms with Crippen molar-refractivity contribution in [2.45, 2.75) is 0 Å². The van der Waals surface area contributed by atoms with E-state index in [1.165, 1.54) is 231 Å². The first-order valence-corrected chi connectivity index (χ1v) is 51.6. The Morgan fingerprint density at radius 3 is 0.460 bits per heavy atom. The van der Waals surface area contributed by atoms with E-state index in [9.17, 15) is 0 Å². The highest BCUT2D eigenvalue weighted by atomic mass is 15.0. The number of nitrogens with zero attached hydrogens (tertiary/aromatic N) is 6. The van der Waals surface area contributed by atoms with Gasteiger partial charge < -0.3 is 27.4 Å². The van der Waals surface area contributed by atoms with Gasteiger partial charge in [-0.25, -0.2) is 0 Å². The van der Waals surface area contributed by atoms with Crippen LogP contribution in [0.5, 0.6) is 0 Å². The van der Waals surface area contributed by atoms with E-state index >= 15 is 0 Å². The van der Waals surface area contributed by atoms with Crippen LogP contribution in [0.25, 0.3) is 265 Å². The van der Waals surface area contributed by atoms with E-state index in [1.54, 1.807) is 0 Å². The number of rotatable bonds is 15. The minimum absolute atomic E-state index is 1.15. The molecule has 6 heterocycles. The molecule has 6 nitrogen and oxygen atoms in total. The summed E-state index contributed by atoms with van der Waals surface area (Å²) in [7, 11) is 0. The van der Waals surface area contributed by atoms with Crippen LogP contribution < -0.4 is 0 Å². The molecule has 0 saturated heterocycles. The van der Waals surface area contributed by atoms with Gasteiger partial charge in [0.2, 0.25) is 0 Å². The number of hydrogen-bond acceptors (Lipinski definition) is 0. The molecular formula is C144H96N6. The van der Waals surface area contributed by atoms with E-state index in [4.69, 9.17) is 0 Å². The zero-order chi connectivity index (χ0) is 99.1. The van der Waals surface area contributed by atoms with Gasteiger partial charge in [-0.3, -0.25) is 0 Å². The Morgan fingerprint density at radius 1 is 0.0800 bits per heavy atom. The van der Waals surface area contributed by atoms with E-state index in [0.717, 1.165) is 34.1 Å². The Kier molecular flexibility index (Phi) is 21.9. The first-order chi connectivity index (χ1) is 74.4. The number of benzene rings is 24. The van der Waals surface area contributed by atoms with Crippen molar-refractivity contribution in [2.24, 2.45) is 0 Å². The summed E-state index contributed by atoms with van der Waals surface area (Å²) in [6.45, 7) is 0. The van der Waals surface area contributed by atoms with Gasteiger partial charge in [-0.2, -0.15) is 0 Å². The summed E-state index contributed by atoms with van der Waals surface area (Å²) in [5, 5.41) is 15.2. The molecule has 0 fully saturated rings. The van der Waals surface area contributed by atoms with Crippen molar-refractivity contribution in [1.29, 1.82) is 0 Å². The molecule has 702 valence electrons. The lowest BCUT2D eigenvalue weighted by Crippen LogP contribution is -1.96. The number of fused-ring (bicyclic) bond motifs is 21. The number of aromatic nitrogens is 6. The number of hydrogen-bond donors (Lipinski definition) is 0. The van der Waals surface area contributed by atoms with Crippen molar-refractivity contribution >= 4 is 131 Å². The summed E-state index contributed by atoms with van der Waals surface area (Å²) >= 11 is 0. The molecule has 0 saturated carbocycles. The van der Waals surface area contributed by atoms with Crippen molar-refractivity contribution in [3.63, 3.8) is 0 Å². The second kappa shape index (κ2) is 37.4. The molecule has 0 aliphatic heterocycles. The van der Waals surface area contributed by atoms with E-state index in [0.29, 0.717) is 0 Å². The Bertz CT molecular complexity index is 10300. The topological polar surface area (TPSA) is 29.6 Å². The lowest BCUT2D eigenvalue weighted by atomic mass is 9.98. The Labute approximate surface area is 868 Å². The zero-order valence-corrected chi connectivity index (χ0v) is 82.1. The third-order valence-electron chi connectivity index (χ3n) is 30.3. The lowest BCUT2D eigenvalue weighted by molar-refractivity contribution is 1.17. The minimum Gasteiger partial charge on any atom is -0.309 e. The van der Waals surface area contributed by atoms with Gasteiger partial charge in [0.05, 0.1) is 66.2 Å². The van der Waals surface area contributed by atoms with Crippen LogP contribution in [0.2, 0.25) is 0 Å². The fraction of sp³-hybridized carbons (Fsp3) is 0. The van der Waals surface area contributed by atoms with Crippen LogP contribution in [0.15, 0.2) is 582 Å². The summed E-state index contributed by atoms with van der Waals surface area (Å²) in [4.78, 5) is 0. The van der Waals surface area contributed by atoms with Gasteiger partial charge in [0.1, 0.15) is 0 Å². The van der Waals surface area contributed by atoms with Crippen molar-refractivity contribution in [3.8, 4) is 134 Å². The SMILES string of the molecule is c1ccc(-c2ccc(-c3cccc(-n4c5ccccc5c5c6c7ccccc7n(-c7cccc(-c8ccccc8)c7)c6ccc54)c3)cc2)cc1.c1ccc(-c2ccc(-n3c4ccccc4c4c5c6ccccc6n(-c6cc(-c7ccccc7)cc(-c7ccccc7)c6)c5ccc43)cc2)cc1.c1ccc(-c2cccc(-n3c4ccccc4c4c5c6ccccc6n(-c6cc(-c7ccccc7)cc(-c7ccccc7)c6)c5ccc43)c2)cc1. The largest absolute Gasteiger partial charge is 0.309 e. The monoisotopic (exact) mass is 1910 g/mol. The third-order valence-corrected chi connectivity index (χ3v) is 30.3. The molecule has 0 aliphatic rings. The average Bonchev–Trinajstić information content (AvgIpc) is 1.55. The number of para-hydroxylation sites is 6. The molecule has 0 aliphatic carbocycles. The Balaban J connectivity index is 0.000000108. The van der Waals surface area contributed by atoms with Crippen molar-refractivity contribution < 1.29 is 0 Å². The predicted octanol–water partition coefficient (Wildman–Crippen LogP) is 38.6. The van der Waals surface area contributed by atoms with Crippen molar-refractivity contribution in [1.82, 2.24) is 27.4 Å². The molecule has 0 radical (unpaired) electrons. The molecule has 0 unspecified atom stereocenters. The summed E-state index contributed by atoms with van der Waals surface area (Å²) < 4.78 is 14.7. The van der Waals surface area contributed by atoms with E-state index in [2.05, 4.69) is 610 Å². The van der Waals surface area contributed by atoms with E-state index in [1.807, 2.05) is 0 Å². The second-order valence-corrected chi connectivity index (χ2v) is 38.9. The van der Waals surface area contributed by atoms with Crippen LogP contribution in [0, 0.1) is 0 Å². The third kappa shape index (κ3) is 15.4. The second-order valence-electron chi connectivity index (χ2n) is 38.9. The van der Waals surface area contributed by atoms with Crippen LogP contribution in [-0.2, 0) is 0 Å². The molecule has 0 N–H and O–H groups in total. The van der Waals surface area contributed by atoms with Gasteiger partial charge in [-0.1, -0.05) is 425 Å². The molecule has 30 rings (SSSR count). The van der Waals surface area contributed by atoms with Crippen LogP contribution in [-0.4, -0.2) is 27.4 Å². The van der Waals surface area contributed by atoms with Crippen LogP contribution >= 0.6 is 0 Å². The molecule has 6 heteroatoms. The van der Waals surface area contributed by atoms with Gasteiger partial charge in [0.25, 0.3) is 0 Å². The molecule has 150 heavy (non-hydrogen) atoms. The Hall–Kier alpha value is -19.9. The van der Waals surface area contributed by atoms with Gasteiger partial charge in [-0.15, -0.1) is 0 Å². The highest BCUT2D eigenvalue weighted by Gasteiger charge is 2.27. The molecule has 30 aromatic rings. The molecule has 24 aromatic carbocycles. The minimum atomic E-state index is 1.15. The van der Waals surface area contributed by atoms with Gasteiger partial charge in [0, 0.05) is 98.8 Å². The van der Waals surface area contributed by atoms with E-state index < -0.39 is 0 Å². The van der Waals surface area contributed by atoms with Crippen LogP contribution in [0.4, 0.5) is 0 Å². The van der Waals surface area contributed by atoms with Crippen molar-refractivity contribution in [3.05, 3.63) is 582 Å². The fourth-order valence-corrected chi connectivity index (χ4v) is 23.5.